The molecule has 0 spiro atoms. The van der Waals surface area contributed by atoms with E-state index in [4.69, 9.17) is 16.6 Å². The number of fused-ring (bicyclic) bond motifs is 1. The number of nitrogens with zero attached hydrogens (tertiary/aromatic N) is 3. The Balaban J connectivity index is 1.54. The molecule has 1 fully saturated rings. The molecule has 2 heterocycles. The zero-order chi connectivity index (χ0) is 34.6. The van der Waals surface area contributed by atoms with Gasteiger partial charge in [-0.1, -0.05) is 107 Å². The fourth-order valence-electron chi connectivity index (χ4n) is 6.56. The quantitative estimate of drug-likeness (QED) is 0.155. The monoisotopic (exact) mass is 691 g/mol. The molecule has 1 N–H and O–H groups in total. The third kappa shape index (κ3) is 6.63. The van der Waals surface area contributed by atoms with E-state index in [9.17, 15) is 5.11 Å². The summed E-state index contributed by atoms with van der Waals surface area (Å²) in [7, 11) is -1.48. The van der Waals surface area contributed by atoms with Crippen LogP contribution in [0.3, 0.4) is 0 Å². The minimum atomic E-state index is -2.02. The maximum atomic E-state index is 13.2. The summed E-state index contributed by atoms with van der Waals surface area (Å²) in [6.07, 6.45) is 6.85. The van der Waals surface area contributed by atoms with Crippen LogP contribution in [0.15, 0.2) is 79.0 Å². The lowest BCUT2D eigenvalue weighted by Crippen LogP contribution is -2.54. The number of aromatic nitrogens is 2. The zero-order valence-electron chi connectivity index (χ0n) is 30.1. The molecule has 1 aliphatic heterocycles. The van der Waals surface area contributed by atoms with Crippen molar-refractivity contribution >= 4 is 44.5 Å². The van der Waals surface area contributed by atoms with Crippen molar-refractivity contribution in [3.63, 3.8) is 0 Å². The number of halogens is 1. The molecule has 0 bridgehead atoms. The van der Waals surface area contributed by atoms with Gasteiger partial charge in [0.1, 0.15) is 16.1 Å². The number of benzene rings is 3. The Morgan fingerprint density at radius 3 is 2.27 bits per heavy atom. The van der Waals surface area contributed by atoms with Gasteiger partial charge in [-0.05, 0) is 82.5 Å². The summed E-state index contributed by atoms with van der Waals surface area (Å²) in [4.78, 5) is 7.55. The van der Waals surface area contributed by atoms with Gasteiger partial charge in [-0.15, -0.1) is 5.54 Å². The average Bonchev–Trinajstić information content (AvgIpc) is 3.76. The van der Waals surface area contributed by atoms with Gasteiger partial charge in [-0.25, -0.2) is 4.98 Å². The summed E-state index contributed by atoms with van der Waals surface area (Å²) in [6, 6.07) is 22.8. The molecule has 1 unspecified atom stereocenters. The second-order valence-corrected chi connectivity index (χ2v) is 26.8. The highest BCUT2D eigenvalue weighted by Gasteiger charge is 2.44. The minimum absolute atomic E-state index is 0.0896. The molecule has 2 aliphatic rings. The van der Waals surface area contributed by atoms with E-state index in [-0.39, 0.29) is 5.04 Å². The van der Waals surface area contributed by atoms with Gasteiger partial charge in [0.25, 0.3) is 0 Å². The van der Waals surface area contributed by atoms with Crippen LogP contribution in [0.4, 0.5) is 5.69 Å². The Kier molecular flexibility index (Phi) is 9.00. The number of hydrogen-bond acceptors (Lipinski definition) is 3. The third-order valence-electron chi connectivity index (χ3n) is 10.5. The second kappa shape index (κ2) is 12.5. The summed E-state index contributed by atoms with van der Waals surface area (Å²) < 4.78 is 2.16. The number of anilines is 1. The first kappa shape index (κ1) is 34.5. The Bertz CT molecular complexity index is 1930. The van der Waals surface area contributed by atoms with E-state index in [1.54, 1.807) is 0 Å². The van der Waals surface area contributed by atoms with E-state index in [1.807, 2.05) is 30.5 Å². The van der Waals surface area contributed by atoms with Crippen molar-refractivity contribution in [2.75, 3.05) is 18.0 Å². The van der Waals surface area contributed by atoms with Gasteiger partial charge in [-0.2, -0.15) is 0 Å². The molecule has 1 atom stereocenters. The molecular weight excluding hydrogens is 642 g/mol. The van der Waals surface area contributed by atoms with Crippen LogP contribution in [-0.2, 0) is 12.6 Å². The highest BCUT2D eigenvalue weighted by molar-refractivity contribution is 6.91. The van der Waals surface area contributed by atoms with Crippen molar-refractivity contribution in [2.45, 2.75) is 77.0 Å². The van der Waals surface area contributed by atoms with Crippen LogP contribution < -0.4 is 10.3 Å². The first-order chi connectivity index (χ1) is 22.5. The Labute approximate surface area is 294 Å². The van der Waals surface area contributed by atoms with E-state index < -0.39 is 21.7 Å². The van der Waals surface area contributed by atoms with Gasteiger partial charge in [0.05, 0.1) is 17.3 Å². The summed E-state index contributed by atoms with van der Waals surface area (Å²) in [5, 5.41) is 13.9. The molecule has 4 nitrogen and oxygen atoms in total. The molecule has 1 aromatic heterocycles. The Hall–Kier alpha value is -3.35. The lowest BCUT2D eigenvalue weighted by atomic mass is 9.81. The van der Waals surface area contributed by atoms with Crippen LogP contribution >= 0.6 is 11.6 Å². The SMILES string of the molecule is Cn1c(C(O)(c2ccc(Cl)cc2)c2ccc3c(c2)C(c2cccc(C#C[Si](C)(C)C)c2)=CCN3CC2CC2)cnc1[Si](C)(C)C(C)(C)C. The molecule has 6 rings (SSSR count). The molecule has 7 heteroatoms. The van der Waals surface area contributed by atoms with E-state index >= 15 is 0 Å². The standard InChI is InChI=1S/C41H50ClN3OSi2/c1-40(2,3)48(8,9)39-43-27-38(44(39)4)41(46,32-15-18-34(42)19-16-32)33-17-20-37-36(26-33)35(21-23-45(37)28-30-13-14-30)31-12-10-11-29(25-31)22-24-47(5,6)7/h10-12,15-21,25-27,30,46H,13-14,23,28H2,1-9H3. The predicted octanol–water partition coefficient (Wildman–Crippen LogP) is 8.96. The minimum Gasteiger partial charge on any atom is -0.374 e. The molecule has 0 amide bonds. The zero-order valence-corrected chi connectivity index (χ0v) is 32.8. The summed E-state index contributed by atoms with van der Waals surface area (Å²) in [5.41, 5.74) is 11.2. The molecular formula is C41H50ClN3OSi2. The topological polar surface area (TPSA) is 41.3 Å². The maximum absolute atomic E-state index is 13.2. The van der Waals surface area contributed by atoms with Gasteiger partial charge < -0.3 is 14.6 Å². The van der Waals surface area contributed by atoms with Crippen LogP contribution in [0.25, 0.3) is 5.57 Å². The number of hydrogen-bond donors (Lipinski definition) is 1. The maximum Gasteiger partial charge on any atom is 0.156 e. The molecule has 0 saturated heterocycles. The number of rotatable bonds is 7. The van der Waals surface area contributed by atoms with Crippen LogP contribution in [0.5, 0.6) is 0 Å². The highest BCUT2D eigenvalue weighted by atomic mass is 35.5. The molecule has 48 heavy (non-hydrogen) atoms. The van der Waals surface area contributed by atoms with Crippen LogP contribution in [0, 0.1) is 17.4 Å². The summed E-state index contributed by atoms with van der Waals surface area (Å²) >= 11 is 6.39. The first-order valence-corrected chi connectivity index (χ1v) is 24.1. The fraction of sp³-hybridized carbons (Fsp3) is 0.390. The fourth-order valence-corrected chi connectivity index (χ4v) is 9.22. The molecule has 4 aromatic rings. The van der Waals surface area contributed by atoms with E-state index in [2.05, 4.69) is 130 Å². The van der Waals surface area contributed by atoms with Crippen molar-refractivity contribution in [3.05, 3.63) is 118 Å². The normalized spacial score (nSPS) is 16.5. The van der Waals surface area contributed by atoms with E-state index in [0.29, 0.717) is 5.02 Å². The van der Waals surface area contributed by atoms with Crippen molar-refractivity contribution in [1.29, 1.82) is 0 Å². The molecule has 0 radical (unpaired) electrons. The smallest absolute Gasteiger partial charge is 0.156 e. The highest BCUT2D eigenvalue weighted by Crippen LogP contribution is 2.44. The van der Waals surface area contributed by atoms with Gasteiger partial charge >= 0.3 is 0 Å². The van der Waals surface area contributed by atoms with Gasteiger partial charge in [0.15, 0.2) is 5.60 Å². The Morgan fingerprint density at radius 2 is 1.62 bits per heavy atom. The van der Waals surface area contributed by atoms with Crippen molar-refractivity contribution in [3.8, 4) is 11.5 Å². The lowest BCUT2D eigenvalue weighted by Gasteiger charge is -2.37. The van der Waals surface area contributed by atoms with Crippen LogP contribution in [0.1, 0.15) is 67.1 Å². The lowest BCUT2D eigenvalue weighted by molar-refractivity contribution is 0.117. The van der Waals surface area contributed by atoms with Gasteiger partial charge in [-0.3, -0.25) is 0 Å². The molecule has 3 aromatic carbocycles. The van der Waals surface area contributed by atoms with Crippen molar-refractivity contribution in [1.82, 2.24) is 9.55 Å². The second-order valence-electron chi connectivity index (χ2n) is 16.4. The van der Waals surface area contributed by atoms with E-state index in [0.717, 1.165) is 58.0 Å². The average molecular weight is 692 g/mol. The van der Waals surface area contributed by atoms with Gasteiger partial charge in [0.2, 0.25) is 0 Å². The largest absolute Gasteiger partial charge is 0.374 e. The molecule has 1 saturated carbocycles. The summed E-state index contributed by atoms with van der Waals surface area (Å²) in [6.45, 7) is 20.4. The van der Waals surface area contributed by atoms with Gasteiger partial charge in [0, 0.05) is 42.0 Å². The molecule has 250 valence electrons. The van der Waals surface area contributed by atoms with Crippen LogP contribution in [-0.4, -0.2) is 43.9 Å². The molecule has 1 aliphatic carbocycles. The first-order valence-electron chi connectivity index (χ1n) is 17.2. The van der Waals surface area contributed by atoms with E-state index in [1.165, 1.54) is 24.1 Å². The summed E-state index contributed by atoms with van der Waals surface area (Å²) in [5.74, 6) is 4.21. The number of aliphatic hydroxyl groups is 1. The van der Waals surface area contributed by atoms with Crippen LogP contribution in [0.2, 0.25) is 42.8 Å². The van der Waals surface area contributed by atoms with Crippen molar-refractivity contribution in [2.24, 2.45) is 13.0 Å². The number of imidazole rings is 1. The third-order valence-corrected chi connectivity index (χ3v) is 17.0. The van der Waals surface area contributed by atoms with Crippen molar-refractivity contribution < 1.29 is 5.11 Å². The Morgan fingerprint density at radius 1 is 0.938 bits per heavy atom. The predicted molar refractivity (Wildman–Crippen MR) is 209 cm³/mol.